The number of nitrogens with zero attached hydrogens (tertiary/aromatic N) is 2. The van der Waals surface area contributed by atoms with E-state index in [-0.39, 0.29) is 11.5 Å². The fourth-order valence-corrected chi connectivity index (χ4v) is 2.12. The first-order chi connectivity index (χ1) is 10.6. The van der Waals surface area contributed by atoms with Crippen LogP contribution >= 0.6 is 0 Å². The van der Waals surface area contributed by atoms with Gasteiger partial charge in [0.1, 0.15) is 17.4 Å². The summed E-state index contributed by atoms with van der Waals surface area (Å²) >= 11 is 0. The Labute approximate surface area is 130 Å². The molecule has 0 aliphatic heterocycles. The minimum atomic E-state index is -0.832. The molecule has 1 aromatic heterocycles. The van der Waals surface area contributed by atoms with Gasteiger partial charge in [-0.25, -0.2) is 8.78 Å². The lowest BCUT2D eigenvalue weighted by molar-refractivity contribution is 0.570. The van der Waals surface area contributed by atoms with Gasteiger partial charge in [-0.2, -0.15) is 5.26 Å². The number of rotatable bonds is 3. The molecule has 116 valence electrons. The summed E-state index contributed by atoms with van der Waals surface area (Å²) in [6.45, 7) is 7.84. The third-order valence-electron chi connectivity index (χ3n) is 3.42. The van der Waals surface area contributed by atoms with Crippen molar-refractivity contribution in [2.24, 2.45) is 0 Å². The van der Waals surface area contributed by atoms with Crippen molar-refractivity contribution in [2.45, 2.75) is 40.0 Å². The number of pyridine rings is 1. The molecular weight excluding hydrogens is 282 g/mol. The molecule has 0 saturated heterocycles. The van der Waals surface area contributed by atoms with Crippen LogP contribution < -0.4 is 0 Å². The second-order valence-corrected chi connectivity index (χ2v) is 4.65. The van der Waals surface area contributed by atoms with Gasteiger partial charge in [-0.3, -0.25) is 4.98 Å². The molecule has 4 heteroatoms. The van der Waals surface area contributed by atoms with Gasteiger partial charge in [0.25, 0.3) is 0 Å². The normalized spacial score (nSPS) is 11.1. The van der Waals surface area contributed by atoms with E-state index in [1.54, 1.807) is 30.5 Å². The van der Waals surface area contributed by atoms with Gasteiger partial charge in [-0.1, -0.05) is 33.8 Å². The quantitative estimate of drug-likeness (QED) is 0.757. The van der Waals surface area contributed by atoms with E-state index in [4.69, 9.17) is 5.26 Å². The molecule has 2 rings (SSSR count). The molecule has 1 atom stereocenters. The second-order valence-electron chi connectivity index (χ2n) is 4.65. The highest BCUT2D eigenvalue weighted by atomic mass is 19.1. The van der Waals surface area contributed by atoms with E-state index in [0.29, 0.717) is 11.3 Å². The molecule has 2 aromatic rings. The Balaban J connectivity index is 0.00000116. The van der Waals surface area contributed by atoms with E-state index < -0.39 is 17.2 Å². The highest BCUT2D eigenvalue weighted by Crippen LogP contribution is 2.34. The molecule has 2 nitrogen and oxygen atoms in total. The molecule has 0 bridgehead atoms. The third-order valence-corrected chi connectivity index (χ3v) is 3.42. The Hall–Kier alpha value is -2.28. The van der Waals surface area contributed by atoms with Crippen LogP contribution in [0.4, 0.5) is 8.78 Å². The van der Waals surface area contributed by atoms with Gasteiger partial charge in [0.2, 0.25) is 0 Å². The zero-order chi connectivity index (χ0) is 16.7. The van der Waals surface area contributed by atoms with E-state index in [1.807, 2.05) is 27.7 Å². The molecular formula is C18H20F2N2. The molecule has 0 N–H and O–H groups in total. The van der Waals surface area contributed by atoms with Crippen molar-refractivity contribution in [3.8, 4) is 17.3 Å². The summed E-state index contributed by atoms with van der Waals surface area (Å²) in [5, 5.41) is 8.91. The molecule has 22 heavy (non-hydrogen) atoms. The Morgan fingerprint density at radius 1 is 1.27 bits per heavy atom. The Kier molecular flexibility index (Phi) is 6.65. The summed E-state index contributed by atoms with van der Waals surface area (Å²) in [6, 6.07) is 7.94. The van der Waals surface area contributed by atoms with Gasteiger partial charge in [0.05, 0.1) is 5.69 Å². The van der Waals surface area contributed by atoms with Gasteiger partial charge in [-0.05, 0) is 36.1 Å². The van der Waals surface area contributed by atoms with Gasteiger partial charge < -0.3 is 0 Å². The molecule has 0 saturated carbocycles. The summed E-state index contributed by atoms with van der Waals surface area (Å²) in [5.41, 5.74) is 0.618. The van der Waals surface area contributed by atoms with E-state index in [1.165, 1.54) is 6.07 Å². The van der Waals surface area contributed by atoms with E-state index >= 15 is 0 Å². The topological polar surface area (TPSA) is 36.7 Å². The number of hydrogen-bond donors (Lipinski definition) is 0. The molecule has 0 radical (unpaired) electrons. The molecule has 0 aliphatic rings. The number of aromatic nitrogens is 1. The maximum atomic E-state index is 14.5. The minimum absolute atomic E-state index is 0.0243. The first-order valence-electron chi connectivity index (χ1n) is 7.43. The van der Waals surface area contributed by atoms with Crippen LogP contribution in [0.15, 0.2) is 30.5 Å². The van der Waals surface area contributed by atoms with Crippen LogP contribution in [0.25, 0.3) is 11.3 Å². The zero-order valence-corrected chi connectivity index (χ0v) is 13.3. The van der Waals surface area contributed by atoms with Crippen molar-refractivity contribution in [3.05, 3.63) is 53.2 Å². The lowest BCUT2D eigenvalue weighted by Crippen LogP contribution is -2.04. The van der Waals surface area contributed by atoms with Crippen LogP contribution in [0.3, 0.4) is 0 Å². The van der Waals surface area contributed by atoms with Crippen molar-refractivity contribution < 1.29 is 8.78 Å². The van der Waals surface area contributed by atoms with E-state index in [2.05, 4.69) is 4.98 Å². The van der Waals surface area contributed by atoms with Crippen LogP contribution in [0.2, 0.25) is 0 Å². The molecule has 1 aromatic carbocycles. The maximum Gasteiger partial charge on any atom is 0.153 e. The van der Waals surface area contributed by atoms with Gasteiger partial charge in [0.15, 0.2) is 5.82 Å². The predicted octanol–water partition coefficient (Wildman–Crippen LogP) is 5.44. The SMILES string of the molecule is CC.CCC(C)c1cc(F)c(C#N)c(F)c1-c1ccccn1. The van der Waals surface area contributed by atoms with Crippen molar-refractivity contribution >= 4 is 0 Å². The molecule has 0 fully saturated rings. The fraction of sp³-hybridized carbons (Fsp3) is 0.333. The first kappa shape index (κ1) is 17.8. The monoisotopic (exact) mass is 302 g/mol. The largest absolute Gasteiger partial charge is 0.256 e. The number of benzene rings is 1. The van der Waals surface area contributed by atoms with Crippen LogP contribution in [-0.2, 0) is 0 Å². The zero-order valence-electron chi connectivity index (χ0n) is 13.3. The van der Waals surface area contributed by atoms with E-state index in [9.17, 15) is 8.78 Å². The van der Waals surface area contributed by atoms with Crippen LogP contribution in [-0.4, -0.2) is 4.98 Å². The van der Waals surface area contributed by atoms with Gasteiger partial charge >= 0.3 is 0 Å². The predicted molar refractivity (Wildman–Crippen MR) is 84.4 cm³/mol. The highest BCUT2D eigenvalue weighted by molar-refractivity contribution is 5.67. The van der Waals surface area contributed by atoms with Crippen molar-refractivity contribution in [1.82, 2.24) is 4.98 Å². The molecule has 0 spiro atoms. The van der Waals surface area contributed by atoms with Crippen LogP contribution in [0, 0.1) is 23.0 Å². The fourth-order valence-electron chi connectivity index (χ4n) is 2.12. The summed E-state index contributed by atoms with van der Waals surface area (Å²) < 4.78 is 28.3. The van der Waals surface area contributed by atoms with E-state index in [0.717, 1.165) is 6.42 Å². The molecule has 0 amide bonds. The summed E-state index contributed by atoms with van der Waals surface area (Å²) in [7, 11) is 0. The number of nitriles is 1. The lowest BCUT2D eigenvalue weighted by atomic mass is 9.90. The third kappa shape index (κ3) is 3.48. The standard InChI is InChI=1S/C16H14F2N2.C2H6/c1-3-10(2)11-8-13(17)12(9-19)16(18)15(11)14-6-4-5-7-20-14;1-2/h4-8,10H,3H2,1-2H3;1-2H3. The second kappa shape index (κ2) is 8.23. The first-order valence-corrected chi connectivity index (χ1v) is 7.43. The van der Waals surface area contributed by atoms with Crippen molar-refractivity contribution in [2.75, 3.05) is 0 Å². The van der Waals surface area contributed by atoms with Gasteiger partial charge in [0, 0.05) is 11.8 Å². The van der Waals surface area contributed by atoms with Crippen molar-refractivity contribution in [1.29, 1.82) is 5.26 Å². The average Bonchev–Trinajstić information content (AvgIpc) is 2.56. The summed E-state index contributed by atoms with van der Waals surface area (Å²) in [6.07, 6.45) is 2.29. The molecule has 0 aliphatic carbocycles. The van der Waals surface area contributed by atoms with Crippen LogP contribution in [0.1, 0.15) is 51.2 Å². The minimum Gasteiger partial charge on any atom is -0.256 e. The Bertz CT molecular complexity index is 661. The lowest BCUT2D eigenvalue weighted by Gasteiger charge is -2.16. The van der Waals surface area contributed by atoms with Gasteiger partial charge in [-0.15, -0.1) is 0 Å². The number of halogens is 2. The summed E-state index contributed by atoms with van der Waals surface area (Å²) in [5.74, 6) is -1.68. The highest BCUT2D eigenvalue weighted by Gasteiger charge is 2.22. The molecule has 1 unspecified atom stereocenters. The maximum absolute atomic E-state index is 14.5. The van der Waals surface area contributed by atoms with Crippen molar-refractivity contribution in [3.63, 3.8) is 0 Å². The summed E-state index contributed by atoms with van der Waals surface area (Å²) in [4.78, 5) is 4.12. The number of hydrogen-bond acceptors (Lipinski definition) is 2. The average molecular weight is 302 g/mol. The Morgan fingerprint density at radius 2 is 1.95 bits per heavy atom. The smallest absolute Gasteiger partial charge is 0.153 e. The van der Waals surface area contributed by atoms with Crippen LogP contribution in [0.5, 0.6) is 0 Å². The Morgan fingerprint density at radius 3 is 2.45 bits per heavy atom. The molecule has 1 heterocycles.